The molecular weight excluding hydrogens is 471 g/mol. The summed E-state index contributed by atoms with van der Waals surface area (Å²) in [6.07, 6.45) is 0. The molecular formula is C20H35IN4OS. The third-order valence-corrected chi connectivity index (χ3v) is 6.04. The van der Waals surface area contributed by atoms with E-state index in [4.69, 9.17) is 4.74 Å². The Kier molecular flexibility index (Phi) is 11.5. The number of nitrogens with one attached hydrogen (secondary N) is 1. The molecule has 1 heterocycles. The van der Waals surface area contributed by atoms with E-state index >= 15 is 0 Å². The molecule has 27 heavy (non-hydrogen) atoms. The van der Waals surface area contributed by atoms with Gasteiger partial charge in [-0.3, -0.25) is 4.99 Å². The second kappa shape index (κ2) is 12.7. The summed E-state index contributed by atoms with van der Waals surface area (Å²) < 4.78 is 5.83. The number of rotatable bonds is 7. The highest BCUT2D eigenvalue weighted by Gasteiger charge is 2.24. The molecule has 0 saturated carbocycles. The normalized spacial score (nSPS) is 17.8. The molecule has 1 fully saturated rings. The molecule has 1 N–H and O–H groups in total. The minimum Gasteiger partial charge on any atom is -0.492 e. The van der Waals surface area contributed by atoms with Crippen LogP contribution in [0.3, 0.4) is 0 Å². The van der Waals surface area contributed by atoms with Crippen molar-refractivity contribution < 1.29 is 4.74 Å². The van der Waals surface area contributed by atoms with Crippen molar-refractivity contribution in [2.45, 2.75) is 25.6 Å². The summed E-state index contributed by atoms with van der Waals surface area (Å²) in [5.41, 5.74) is 1.21. The quantitative estimate of drug-likeness (QED) is 0.349. The molecule has 1 saturated heterocycles. The molecule has 0 bridgehead atoms. The van der Waals surface area contributed by atoms with Crippen LogP contribution >= 0.6 is 35.7 Å². The Bertz CT molecular complexity index is 583. The van der Waals surface area contributed by atoms with Gasteiger partial charge in [-0.15, -0.1) is 24.0 Å². The van der Waals surface area contributed by atoms with Gasteiger partial charge in [0.2, 0.25) is 0 Å². The van der Waals surface area contributed by atoms with Crippen LogP contribution < -0.4 is 10.1 Å². The molecule has 1 aliphatic rings. The van der Waals surface area contributed by atoms with Crippen molar-refractivity contribution in [1.82, 2.24) is 15.1 Å². The van der Waals surface area contributed by atoms with Crippen molar-refractivity contribution in [1.29, 1.82) is 0 Å². The van der Waals surface area contributed by atoms with Crippen molar-refractivity contribution in [3.63, 3.8) is 0 Å². The Morgan fingerprint density at radius 1 is 1.41 bits per heavy atom. The van der Waals surface area contributed by atoms with Crippen LogP contribution in [0.15, 0.2) is 29.3 Å². The highest BCUT2D eigenvalue weighted by atomic mass is 127. The van der Waals surface area contributed by atoms with Crippen LogP contribution in [-0.4, -0.2) is 74.1 Å². The summed E-state index contributed by atoms with van der Waals surface area (Å²) in [5.74, 6) is 3.78. The molecule has 1 aliphatic heterocycles. The molecule has 0 aromatic heterocycles. The lowest BCUT2D eigenvalue weighted by Crippen LogP contribution is -2.48. The van der Waals surface area contributed by atoms with E-state index < -0.39 is 0 Å². The largest absolute Gasteiger partial charge is 0.492 e. The van der Waals surface area contributed by atoms with Gasteiger partial charge in [0.15, 0.2) is 5.96 Å². The van der Waals surface area contributed by atoms with E-state index in [9.17, 15) is 0 Å². The monoisotopic (exact) mass is 506 g/mol. The number of guanidine groups is 1. The van der Waals surface area contributed by atoms with Crippen LogP contribution in [-0.2, 0) is 6.54 Å². The number of thioether (sulfide) groups is 1. The number of halogens is 1. The van der Waals surface area contributed by atoms with Gasteiger partial charge in [-0.05, 0) is 37.7 Å². The van der Waals surface area contributed by atoms with Crippen LogP contribution in [0.25, 0.3) is 0 Å². The number of aliphatic imine (C=N–C) groups is 1. The Hall–Kier alpha value is -0.670. The first-order valence-corrected chi connectivity index (χ1v) is 10.5. The summed E-state index contributed by atoms with van der Waals surface area (Å²) in [7, 11) is 5.98. The van der Waals surface area contributed by atoms with E-state index in [1.807, 2.05) is 13.1 Å². The average molecular weight is 506 g/mol. The molecule has 1 aromatic rings. The zero-order valence-corrected chi connectivity index (χ0v) is 20.4. The second-order valence-electron chi connectivity index (χ2n) is 7.30. The standard InChI is InChI=1S/C20H34N4OS.HI/c1-16(2)19-15-24(10-12-26-19)20(21-3)22-14-17-7-6-8-18(13-17)25-11-9-23(4)5;/h6-8,13,16,19H,9-12,14-15H2,1-5H3,(H,21,22);1H. The first-order chi connectivity index (χ1) is 12.5. The van der Waals surface area contributed by atoms with Crippen molar-refractivity contribution >= 4 is 41.7 Å². The number of likely N-dealkylation sites (N-methyl/N-ethyl adjacent to an activating group) is 1. The zero-order chi connectivity index (χ0) is 18.9. The number of benzene rings is 1. The molecule has 0 aliphatic carbocycles. The molecule has 1 unspecified atom stereocenters. The van der Waals surface area contributed by atoms with Gasteiger partial charge in [0.05, 0.1) is 0 Å². The summed E-state index contributed by atoms with van der Waals surface area (Å²) in [5, 5.41) is 4.20. The molecule has 7 heteroatoms. The van der Waals surface area contributed by atoms with Crippen LogP contribution in [0.1, 0.15) is 19.4 Å². The smallest absolute Gasteiger partial charge is 0.193 e. The third kappa shape index (κ3) is 8.48. The SMILES string of the molecule is CN=C(NCc1cccc(OCCN(C)C)c1)N1CCSC(C(C)C)C1.I. The van der Waals surface area contributed by atoms with Gasteiger partial charge in [0.25, 0.3) is 0 Å². The number of ether oxygens (including phenoxy) is 1. The van der Waals surface area contributed by atoms with Gasteiger partial charge in [-0.25, -0.2) is 0 Å². The molecule has 0 spiro atoms. The lowest BCUT2D eigenvalue weighted by molar-refractivity contribution is 0.261. The van der Waals surface area contributed by atoms with Crippen molar-refractivity contribution in [3.8, 4) is 5.75 Å². The van der Waals surface area contributed by atoms with E-state index in [-0.39, 0.29) is 24.0 Å². The van der Waals surface area contributed by atoms with Crippen molar-refractivity contribution in [3.05, 3.63) is 29.8 Å². The van der Waals surface area contributed by atoms with Gasteiger partial charge in [-0.1, -0.05) is 26.0 Å². The maximum Gasteiger partial charge on any atom is 0.193 e. The Morgan fingerprint density at radius 2 is 2.19 bits per heavy atom. The molecule has 0 radical (unpaired) electrons. The highest BCUT2D eigenvalue weighted by molar-refractivity contribution is 14.0. The summed E-state index contributed by atoms with van der Waals surface area (Å²) >= 11 is 2.08. The van der Waals surface area contributed by atoms with Crippen LogP contribution in [0, 0.1) is 5.92 Å². The molecule has 1 aromatic carbocycles. The Morgan fingerprint density at radius 3 is 2.85 bits per heavy atom. The minimum atomic E-state index is 0. The first-order valence-electron chi connectivity index (χ1n) is 9.43. The number of nitrogens with zero attached hydrogens (tertiary/aromatic N) is 3. The van der Waals surface area contributed by atoms with E-state index in [0.717, 1.165) is 37.9 Å². The second-order valence-corrected chi connectivity index (χ2v) is 8.65. The van der Waals surface area contributed by atoms with E-state index in [1.54, 1.807) is 0 Å². The lowest BCUT2D eigenvalue weighted by Gasteiger charge is -2.36. The zero-order valence-electron chi connectivity index (χ0n) is 17.3. The van der Waals surface area contributed by atoms with Crippen molar-refractivity contribution in [2.75, 3.05) is 53.1 Å². The van der Waals surface area contributed by atoms with Crippen LogP contribution in [0.5, 0.6) is 5.75 Å². The van der Waals surface area contributed by atoms with Gasteiger partial charge in [-0.2, -0.15) is 11.8 Å². The highest BCUT2D eigenvalue weighted by Crippen LogP contribution is 2.25. The van der Waals surface area contributed by atoms with Gasteiger partial charge in [0.1, 0.15) is 12.4 Å². The van der Waals surface area contributed by atoms with Gasteiger partial charge in [0, 0.05) is 44.2 Å². The first kappa shape index (κ1) is 24.4. The number of hydrogen-bond donors (Lipinski definition) is 1. The Labute approximate surface area is 186 Å². The molecule has 2 rings (SSSR count). The summed E-state index contributed by atoms with van der Waals surface area (Å²) in [6.45, 7) is 9.11. The number of hydrogen-bond acceptors (Lipinski definition) is 4. The average Bonchev–Trinajstić information content (AvgIpc) is 2.62. The van der Waals surface area contributed by atoms with Crippen LogP contribution in [0.2, 0.25) is 0 Å². The fraction of sp³-hybridized carbons (Fsp3) is 0.650. The third-order valence-electron chi connectivity index (χ3n) is 4.50. The molecule has 0 amide bonds. The van der Waals surface area contributed by atoms with E-state index in [1.165, 1.54) is 11.3 Å². The molecule has 154 valence electrons. The van der Waals surface area contributed by atoms with Crippen LogP contribution in [0.4, 0.5) is 0 Å². The van der Waals surface area contributed by atoms with E-state index in [0.29, 0.717) is 17.8 Å². The summed E-state index contributed by atoms with van der Waals surface area (Å²) in [6, 6.07) is 8.31. The fourth-order valence-electron chi connectivity index (χ4n) is 2.88. The predicted molar refractivity (Wildman–Crippen MR) is 129 cm³/mol. The topological polar surface area (TPSA) is 40.1 Å². The minimum absolute atomic E-state index is 0. The maximum absolute atomic E-state index is 5.83. The van der Waals surface area contributed by atoms with E-state index in [2.05, 4.69) is 78.0 Å². The predicted octanol–water partition coefficient (Wildman–Crippen LogP) is 3.39. The fourth-order valence-corrected chi connectivity index (χ4v) is 4.17. The molecule has 5 nitrogen and oxygen atoms in total. The lowest BCUT2D eigenvalue weighted by atomic mass is 10.1. The van der Waals surface area contributed by atoms with Crippen molar-refractivity contribution in [2.24, 2.45) is 10.9 Å². The van der Waals surface area contributed by atoms with Gasteiger partial charge >= 0.3 is 0 Å². The summed E-state index contributed by atoms with van der Waals surface area (Å²) in [4.78, 5) is 9.01. The Balaban J connectivity index is 0.00000364. The molecule has 1 atom stereocenters. The van der Waals surface area contributed by atoms with Gasteiger partial charge < -0.3 is 19.9 Å². The maximum atomic E-state index is 5.83.